The van der Waals surface area contributed by atoms with E-state index in [0.29, 0.717) is 24.2 Å². The van der Waals surface area contributed by atoms with Gasteiger partial charge in [-0.2, -0.15) is 5.10 Å². The van der Waals surface area contributed by atoms with Crippen LogP contribution in [0, 0.1) is 0 Å². The van der Waals surface area contributed by atoms with Gasteiger partial charge < -0.3 is 4.74 Å². The zero-order chi connectivity index (χ0) is 18.2. The molecule has 0 atom stereocenters. The van der Waals surface area contributed by atoms with E-state index in [1.54, 1.807) is 6.07 Å². The highest BCUT2D eigenvalue weighted by Gasteiger charge is 2.47. The SMILES string of the molecule is CC1(C)CC(OC(=O)c2cc(-c3ccccc3)n[nH]2)CC(C)(C)N1[O]. The minimum atomic E-state index is -0.574. The number of ether oxygens (including phenoxy) is 1. The first kappa shape index (κ1) is 17.6. The molecule has 1 aromatic heterocycles. The van der Waals surface area contributed by atoms with Crippen LogP contribution in [-0.4, -0.2) is 38.4 Å². The standard InChI is InChI=1S/C19H24N3O3/c1-18(2)11-14(12-19(3,4)22(18)24)25-17(23)16-10-15(20-21-16)13-8-6-5-7-9-13/h5-10,14H,11-12H2,1-4H3,(H,20,21). The first-order chi connectivity index (χ1) is 11.7. The number of H-pyrrole nitrogens is 1. The number of carbonyl (C=O) groups is 1. The summed E-state index contributed by atoms with van der Waals surface area (Å²) in [4.78, 5) is 12.5. The number of rotatable bonds is 3. The van der Waals surface area contributed by atoms with Crippen LogP contribution < -0.4 is 0 Å². The third kappa shape index (κ3) is 3.60. The summed E-state index contributed by atoms with van der Waals surface area (Å²) in [5.74, 6) is -0.439. The summed E-state index contributed by atoms with van der Waals surface area (Å²) in [5, 5.41) is 20.4. The van der Waals surface area contributed by atoms with Crippen molar-refractivity contribution in [1.82, 2.24) is 15.3 Å². The Bertz CT molecular complexity index is 734. The van der Waals surface area contributed by atoms with E-state index in [0.717, 1.165) is 10.6 Å². The van der Waals surface area contributed by atoms with E-state index in [4.69, 9.17) is 4.74 Å². The van der Waals surface area contributed by atoms with Crippen LogP contribution in [0.2, 0.25) is 0 Å². The zero-order valence-electron chi connectivity index (χ0n) is 15.1. The lowest BCUT2D eigenvalue weighted by molar-refractivity contribution is -0.298. The van der Waals surface area contributed by atoms with Crippen LogP contribution in [-0.2, 0) is 9.94 Å². The van der Waals surface area contributed by atoms with Gasteiger partial charge in [0.2, 0.25) is 0 Å². The molecular weight excluding hydrogens is 318 g/mol. The molecule has 3 rings (SSSR count). The van der Waals surface area contributed by atoms with Crippen molar-refractivity contribution in [3.8, 4) is 11.3 Å². The Labute approximate surface area is 147 Å². The summed E-state index contributed by atoms with van der Waals surface area (Å²) < 4.78 is 5.67. The highest BCUT2D eigenvalue weighted by Crippen LogP contribution is 2.38. The molecule has 6 heteroatoms. The number of aromatic amines is 1. The monoisotopic (exact) mass is 342 g/mol. The van der Waals surface area contributed by atoms with Gasteiger partial charge in [-0.1, -0.05) is 30.3 Å². The molecule has 0 unspecified atom stereocenters. The van der Waals surface area contributed by atoms with Gasteiger partial charge >= 0.3 is 5.97 Å². The largest absolute Gasteiger partial charge is 0.458 e. The van der Waals surface area contributed by atoms with Gasteiger partial charge in [0.1, 0.15) is 11.8 Å². The third-order valence-corrected chi connectivity index (χ3v) is 4.70. The van der Waals surface area contributed by atoms with E-state index in [9.17, 15) is 10.0 Å². The molecule has 0 amide bonds. The lowest BCUT2D eigenvalue weighted by Gasteiger charge is -2.49. The minimum Gasteiger partial charge on any atom is -0.458 e. The normalized spacial score (nSPS) is 20.4. The molecule has 1 N–H and O–H groups in total. The first-order valence-corrected chi connectivity index (χ1v) is 8.48. The molecule has 2 aromatic rings. The van der Waals surface area contributed by atoms with E-state index in [2.05, 4.69) is 10.2 Å². The maximum Gasteiger partial charge on any atom is 0.356 e. The quantitative estimate of drug-likeness (QED) is 0.865. The topological polar surface area (TPSA) is 78.1 Å². The van der Waals surface area contributed by atoms with Crippen molar-refractivity contribution in [3.63, 3.8) is 0 Å². The maximum absolute atomic E-state index is 12.5. The summed E-state index contributed by atoms with van der Waals surface area (Å²) in [6.07, 6.45) is 0.711. The van der Waals surface area contributed by atoms with Gasteiger partial charge in [0.15, 0.2) is 0 Å². The molecule has 0 aliphatic carbocycles. The molecule has 1 aromatic carbocycles. The lowest BCUT2D eigenvalue weighted by Crippen LogP contribution is -2.60. The number of piperidine rings is 1. The van der Waals surface area contributed by atoms with E-state index in [1.807, 2.05) is 58.0 Å². The molecule has 25 heavy (non-hydrogen) atoms. The Kier molecular flexibility index (Phi) is 4.43. The highest BCUT2D eigenvalue weighted by molar-refractivity contribution is 5.88. The Morgan fingerprint density at radius 2 is 1.76 bits per heavy atom. The fourth-order valence-electron chi connectivity index (χ4n) is 3.65. The fraction of sp³-hybridized carbons (Fsp3) is 0.474. The van der Waals surface area contributed by atoms with Crippen molar-refractivity contribution in [2.75, 3.05) is 0 Å². The number of carbonyl (C=O) groups excluding carboxylic acids is 1. The number of nitrogens with one attached hydrogen (secondary N) is 1. The molecule has 2 heterocycles. The molecule has 133 valence electrons. The summed E-state index contributed by atoms with van der Waals surface area (Å²) in [7, 11) is 0. The molecule has 6 nitrogen and oxygen atoms in total. The number of hydrogen-bond donors (Lipinski definition) is 1. The number of aromatic nitrogens is 2. The van der Waals surface area contributed by atoms with Gasteiger partial charge in [-0.05, 0) is 33.8 Å². The summed E-state index contributed by atoms with van der Waals surface area (Å²) >= 11 is 0. The zero-order valence-corrected chi connectivity index (χ0v) is 15.1. The van der Waals surface area contributed by atoms with Gasteiger partial charge in [-0.3, -0.25) is 5.10 Å². The summed E-state index contributed by atoms with van der Waals surface area (Å²) in [5.41, 5.74) is 0.799. The summed E-state index contributed by atoms with van der Waals surface area (Å²) in [6, 6.07) is 11.3. The van der Waals surface area contributed by atoms with Gasteiger partial charge in [0, 0.05) is 29.5 Å². The average molecular weight is 342 g/mol. The van der Waals surface area contributed by atoms with Gasteiger partial charge in [-0.15, -0.1) is 10.3 Å². The van der Waals surface area contributed by atoms with Crippen LogP contribution in [0.1, 0.15) is 51.0 Å². The molecule has 0 saturated carbocycles. The number of nitrogens with zero attached hydrogens (tertiary/aromatic N) is 2. The molecule has 0 bridgehead atoms. The Hall–Kier alpha value is -2.18. The van der Waals surface area contributed by atoms with Gasteiger partial charge in [0.25, 0.3) is 0 Å². The third-order valence-electron chi connectivity index (χ3n) is 4.70. The van der Waals surface area contributed by atoms with Gasteiger partial charge in [-0.25, -0.2) is 4.79 Å². The fourth-order valence-corrected chi connectivity index (χ4v) is 3.65. The predicted octanol–water partition coefficient (Wildman–Crippen LogP) is 3.60. The number of benzene rings is 1. The minimum absolute atomic E-state index is 0.300. The highest BCUT2D eigenvalue weighted by atomic mass is 16.5. The van der Waals surface area contributed by atoms with Crippen molar-refractivity contribution in [2.24, 2.45) is 0 Å². The van der Waals surface area contributed by atoms with Crippen LogP contribution in [0.5, 0.6) is 0 Å². The number of esters is 1. The van der Waals surface area contributed by atoms with Crippen LogP contribution in [0.25, 0.3) is 11.3 Å². The smallest absolute Gasteiger partial charge is 0.356 e. The van der Waals surface area contributed by atoms with E-state index >= 15 is 0 Å². The number of hydrogen-bond acceptors (Lipinski definition) is 4. The average Bonchev–Trinajstić information content (AvgIpc) is 3.03. The lowest BCUT2D eigenvalue weighted by atomic mass is 9.80. The molecular formula is C19H24N3O3. The summed E-state index contributed by atoms with van der Waals surface area (Å²) in [6.45, 7) is 7.52. The Morgan fingerprint density at radius 3 is 2.36 bits per heavy atom. The van der Waals surface area contributed by atoms with Crippen LogP contribution in [0.4, 0.5) is 0 Å². The molecule has 1 radical (unpaired) electrons. The second kappa shape index (κ2) is 6.28. The van der Waals surface area contributed by atoms with Crippen molar-refractivity contribution in [3.05, 3.63) is 42.1 Å². The van der Waals surface area contributed by atoms with Crippen LogP contribution in [0.15, 0.2) is 36.4 Å². The van der Waals surface area contributed by atoms with Crippen LogP contribution >= 0.6 is 0 Å². The van der Waals surface area contributed by atoms with Crippen LogP contribution in [0.3, 0.4) is 0 Å². The van der Waals surface area contributed by atoms with Crippen molar-refractivity contribution < 1.29 is 14.7 Å². The van der Waals surface area contributed by atoms with E-state index in [1.165, 1.54) is 0 Å². The predicted molar refractivity (Wildman–Crippen MR) is 93.1 cm³/mol. The molecule has 1 saturated heterocycles. The molecule has 0 spiro atoms. The van der Waals surface area contributed by atoms with E-state index < -0.39 is 17.0 Å². The van der Waals surface area contributed by atoms with Crippen molar-refractivity contribution >= 4 is 5.97 Å². The second-order valence-corrected chi connectivity index (χ2v) is 7.89. The molecule has 1 fully saturated rings. The molecule has 1 aliphatic heterocycles. The molecule has 1 aliphatic rings. The van der Waals surface area contributed by atoms with Crippen molar-refractivity contribution in [1.29, 1.82) is 0 Å². The van der Waals surface area contributed by atoms with Crippen molar-refractivity contribution in [2.45, 2.75) is 57.7 Å². The van der Waals surface area contributed by atoms with Gasteiger partial charge in [0.05, 0.1) is 5.69 Å². The number of hydroxylamine groups is 2. The Balaban J connectivity index is 1.72. The Morgan fingerprint density at radius 1 is 1.16 bits per heavy atom. The van der Waals surface area contributed by atoms with E-state index in [-0.39, 0.29) is 6.10 Å². The first-order valence-electron chi connectivity index (χ1n) is 8.48. The second-order valence-electron chi connectivity index (χ2n) is 7.89. The maximum atomic E-state index is 12.5.